The average molecular weight is 1110 g/mol. The molecule has 10 atom stereocenters. The molecule has 2 heterocycles. The summed E-state index contributed by atoms with van der Waals surface area (Å²) in [6.07, 6.45) is -11.9. The lowest BCUT2D eigenvalue weighted by Gasteiger charge is -2.48. The second kappa shape index (κ2) is 31.3. The number of ether oxygens (including phenoxy) is 10. The largest absolute Gasteiger partial charge is 0.467 e. The van der Waals surface area contributed by atoms with Gasteiger partial charge < -0.3 is 52.5 Å². The molecule has 0 spiro atoms. The molecule has 2 aliphatic heterocycles. The van der Waals surface area contributed by atoms with Crippen LogP contribution in [0, 0.1) is 0 Å². The van der Waals surface area contributed by atoms with Crippen LogP contribution in [0.4, 0.5) is 0 Å². The number of benzene rings is 6. The third kappa shape index (κ3) is 17.6. The van der Waals surface area contributed by atoms with Crippen molar-refractivity contribution < 1.29 is 71.7 Å². The molecule has 424 valence electrons. The van der Waals surface area contributed by atoms with E-state index in [0.717, 1.165) is 23.8 Å². The fraction of sp³-hybridized carbons (Fsp3) is 0.355. The highest BCUT2D eigenvalue weighted by molar-refractivity contribution is 5.90. The molecule has 19 nitrogen and oxygen atoms in total. The summed E-state index contributed by atoms with van der Waals surface area (Å²) < 4.78 is 62.1. The Labute approximate surface area is 470 Å². The topological polar surface area (TPSA) is 233 Å². The van der Waals surface area contributed by atoms with Gasteiger partial charge in [0.15, 0.2) is 24.8 Å². The second-order valence-corrected chi connectivity index (χ2v) is 19.3. The molecule has 81 heavy (non-hydrogen) atoms. The standard InChI is InChI=1S/C62H66N4O15/c1-72-60(71)56-52(68)55(76-41-46-29-15-5-16-30-46)57(79-59(70)48-33-19-7-20-34-48)62(81-56)80-53-49(42-77-58(69)47-31-17-6-18-32-47)78-61(51(64-65-63)54(53)75-40-45-27-13-4-14-28-45)73-36-22-8-21-35-66(37-43-23-9-2-10-24-43)38-50(67)74-39-44-25-11-3-12-26-44/h2-7,9-20,23-34,49,51-57,61-62,68H,8,21-22,35-42H2,1H3/t49?,51?,52-,53-,54?,55?,56?,57+,61-,62-/m1/s1. The van der Waals surface area contributed by atoms with E-state index >= 15 is 0 Å². The average Bonchev–Trinajstić information content (AvgIpc) is 3.71. The third-order valence-electron chi connectivity index (χ3n) is 13.5. The van der Waals surface area contributed by atoms with Crippen molar-refractivity contribution in [2.45, 2.75) is 107 Å². The molecule has 19 heteroatoms. The Bertz CT molecular complexity index is 2910. The van der Waals surface area contributed by atoms with Crippen LogP contribution in [0.3, 0.4) is 0 Å². The van der Waals surface area contributed by atoms with Crippen LogP contribution in [0.15, 0.2) is 187 Å². The van der Waals surface area contributed by atoms with Crippen LogP contribution >= 0.6 is 0 Å². The number of methoxy groups -OCH3 is 1. The van der Waals surface area contributed by atoms with Gasteiger partial charge in [0.2, 0.25) is 0 Å². The SMILES string of the molecule is COC(=O)C1O[C@@H](O[C@@H]2C(COC(=O)c3ccccc3)O[C@@H](OCCCCCN(CC(=O)OCc3ccccc3)Cc3ccccc3)C(N=[N+]=[N-])C2OCc2ccccc2)[C@@H](OC(=O)c2ccccc2)C(OCc2ccccc2)[C@H]1O. The van der Waals surface area contributed by atoms with Gasteiger partial charge >= 0.3 is 23.9 Å². The second-order valence-electron chi connectivity index (χ2n) is 19.3. The van der Waals surface area contributed by atoms with E-state index in [1.165, 1.54) is 12.1 Å². The van der Waals surface area contributed by atoms with E-state index in [9.17, 15) is 29.8 Å². The molecule has 8 rings (SSSR count). The highest BCUT2D eigenvalue weighted by Gasteiger charge is 2.56. The maximum atomic E-state index is 14.1. The van der Waals surface area contributed by atoms with Gasteiger partial charge in [0.25, 0.3) is 0 Å². The van der Waals surface area contributed by atoms with Crippen molar-refractivity contribution in [1.82, 2.24) is 4.90 Å². The van der Waals surface area contributed by atoms with Gasteiger partial charge in [0, 0.05) is 18.1 Å². The predicted molar refractivity (Wildman–Crippen MR) is 293 cm³/mol. The number of aliphatic hydroxyl groups is 1. The third-order valence-corrected chi connectivity index (χ3v) is 13.5. The van der Waals surface area contributed by atoms with Gasteiger partial charge in [-0.15, -0.1) is 0 Å². The minimum absolute atomic E-state index is 0.0599. The number of unbranched alkanes of at least 4 members (excludes halogenated alkanes) is 2. The minimum Gasteiger partial charge on any atom is -0.467 e. The molecule has 5 unspecified atom stereocenters. The number of rotatable bonds is 28. The first-order valence-electron chi connectivity index (χ1n) is 26.8. The summed E-state index contributed by atoms with van der Waals surface area (Å²) in [5.74, 6) is -2.88. The van der Waals surface area contributed by atoms with Gasteiger partial charge in [0.1, 0.15) is 49.8 Å². The van der Waals surface area contributed by atoms with E-state index in [4.69, 9.17) is 47.4 Å². The van der Waals surface area contributed by atoms with Gasteiger partial charge in [-0.2, -0.15) is 0 Å². The van der Waals surface area contributed by atoms with Crippen LogP contribution in [-0.2, 0) is 83.3 Å². The molecule has 0 bridgehead atoms. The summed E-state index contributed by atoms with van der Waals surface area (Å²) >= 11 is 0. The lowest BCUT2D eigenvalue weighted by atomic mass is 9.95. The number of esters is 4. The lowest BCUT2D eigenvalue weighted by Crippen LogP contribution is -2.66. The van der Waals surface area contributed by atoms with Crippen molar-refractivity contribution >= 4 is 23.9 Å². The number of carbonyl (C=O) groups is 4. The maximum absolute atomic E-state index is 14.1. The van der Waals surface area contributed by atoms with Gasteiger partial charge in [-0.1, -0.05) is 163 Å². The first-order valence-corrected chi connectivity index (χ1v) is 26.8. The summed E-state index contributed by atoms with van der Waals surface area (Å²) in [6, 6.07) is 52.6. The summed E-state index contributed by atoms with van der Waals surface area (Å²) in [6.45, 7) is 0.792. The monoisotopic (exact) mass is 1110 g/mol. The molecule has 1 N–H and O–H groups in total. The van der Waals surface area contributed by atoms with Gasteiger partial charge in [0.05, 0.1) is 38.0 Å². The zero-order chi connectivity index (χ0) is 56.6. The highest BCUT2D eigenvalue weighted by Crippen LogP contribution is 2.36. The molecule has 2 saturated heterocycles. The van der Waals surface area contributed by atoms with E-state index in [2.05, 4.69) is 10.0 Å². The fourth-order valence-electron chi connectivity index (χ4n) is 9.37. The molecule has 0 amide bonds. The molecule has 0 radical (unpaired) electrons. The Kier molecular flexibility index (Phi) is 22.9. The van der Waals surface area contributed by atoms with Crippen molar-refractivity contribution in [3.63, 3.8) is 0 Å². The Morgan fingerprint density at radius 1 is 0.580 bits per heavy atom. The van der Waals surface area contributed by atoms with Crippen molar-refractivity contribution in [2.75, 3.05) is 33.4 Å². The Morgan fingerprint density at radius 3 is 1.68 bits per heavy atom. The molecule has 2 fully saturated rings. The van der Waals surface area contributed by atoms with Gasteiger partial charge in [-0.3, -0.25) is 9.69 Å². The molecular weight excluding hydrogens is 1040 g/mol. The molecule has 0 aliphatic carbocycles. The van der Waals surface area contributed by atoms with Crippen molar-refractivity contribution in [1.29, 1.82) is 0 Å². The van der Waals surface area contributed by atoms with E-state index in [1.807, 2.05) is 102 Å². The van der Waals surface area contributed by atoms with Crippen LogP contribution in [-0.4, -0.2) is 129 Å². The van der Waals surface area contributed by atoms with Crippen molar-refractivity contribution in [3.05, 3.63) is 226 Å². The van der Waals surface area contributed by atoms with Gasteiger partial charge in [-0.05, 0) is 77.9 Å². The van der Waals surface area contributed by atoms with Crippen LogP contribution in [0.2, 0.25) is 0 Å². The number of nitrogens with zero attached hydrogens (tertiary/aromatic N) is 4. The zero-order valence-electron chi connectivity index (χ0n) is 44.8. The summed E-state index contributed by atoms with van der Waals surface area (Å²) in [7, 11) is 1.12. The maximum Gasteiger partial charge on any atom is 0.338 e. The lowest BCUT2D eigenvalue weighted by molar-refractivity contribution is -0.348. The summed E-state index contributed by atoms with van der Waals surface area (Å²) in [5, 5.41) is 16.1. The minimum atomic E-state index is -1.77. The molecule has 6 aromatic rings. The fourth-order valence-corrected chi connectivity index (χ4v) is 9.37. The number of azide groups is 1. The molecular formula is C62H66N4O15. The van der Waals surface area contributed by atoms with E-state index in [0.29, 0.717) is 37.9 Å². The highest BCUT2D eigenvalue weighted by atomic mass is 16.8. The van der Waals surface area contributed by atoms with Crippen molar-refractivity contribution in [2.24, 2.45) is 5.11 Å². The zero-order valence-corrected chi connectivity index (χ0v) is 44.8. The summed E-state index contributed by atoms with van der Waals surface area (Å²) in [5.41, 5.74) is 14.0. The smallest absolute Gasteiger partial charge is 0.338 e. The van der Waals surface area contributed by atoms with E-state index in [1.54, 1.807) is 72.8 Å². The number of hydrogen-bond acceptors (Lipinski definition) is 17. The van der Waals surface area contributed by atoms with Crippen LogP contribution < -0.4 is 0 Å². The molecule has 2 aliphatic rings. The summed E-state index contributed by atoms with van der Waals surface area (Å²) in [4.78, 5) is 59.6. The van der Waals surface area contributed by atoms with Crippen LogP contribution in [0.25, 0.3) is 10.4 Å². The quantitative estimate of drug-likeness (QED) is 0.0121. The first kappa shape index (κ1) is 59.3. The Hall–Kier alpha value is -7.81. The van der Waals surface area contributed by atoms with Crippen LogP contribution in [0.5, 0.6) is 0 Å². The molecule has 6 aromatic carbocycles. The van der Waals surface area contributed by atoms with E-state index < -0.39 is 85.9 Å². The van der Waals surface area contributed by atoms with Crippen molar-refractivity contribution in [3.8, 4) is 0 Å². The van der Waals surface area contributed by atoms with E-state index in [-0.39, 0.29) is 50.1 Å². The first-order chi connectivity index (χ1) is 39.7. The number of hydrogen-bond donors (Lipinski definition) is 1. The number of aliphatic hydroxyl groups excluding tert-OH is 1. The number of carbonyl (C=O) groups excluding carboxylic acids is 4. The van der Waals surface area contributed by atoms with Crippen LogP contribution in [0.1, 0.15) is 62.2 Å². The molecule has 0 aromatic heterocycles. The predicted octanol–water partition coefficient (Wildman–Crippen LogP) is 8.72. The Balaban J connectivity index is 1.06. The normalized spacial score (nSPS) is 22.4. The molecule has 0 saturated carbocycles. The van der Waals surface area contributed by atoms with Gasteiger partial charge in [-0.25, -0.2) is 14.4 Å². The Morgan fingerprint density at radius 2 is 1.11 bits per heavy atom.